The zero-order valence-electron chi connectivity index (χ0n) is 22.0. The number of nitrogens with zero attached hydrogens (tertiary/aromatic N) is 2. The van der Waals surface area contributed by atoms with E-state index >= 15 is 0 Å². The first-order chi connectivity index (χ1) is 18.4. The van der Waals surface area contributed by atoms with Crippen LogP contribution < -0.4 is 5.32 Å². The van der Waals surface area contributed by atoms with Gasteiger partial charge in [0.15, 0.2) is 0 Å². The first-order valence-corrected chi connectivity index (χ1v) is 14.0. The maximum atomic E-state index is 13.7. The van der Waals surface area contributed by atoms with Gasteiger partial charge in [0.25, 0.3) is 5.69 Å². The van der Waals surface area contributed by atoms with Crippen LogP contribution in [0.2, 0.25) is 0 Å². The zero-order valence-corrected chi connectivity index (χ0v) is 22.8. The molecule has 8 heteroatoms. The van der Waals surface area contributed by atoms with Crippen molar-refractivity contribution < 1.29 is 14.5 Å². The minimum Gasteiger partial charge on any atom is -0.354 e. The molecule has 1 atom stereocenters. The molecule has 1 unspecified atom stereocenters. The van der Waals surface area contributed by atoms with Crippen molar-refractivity contribution in [2.24, 2.45) is 0 Å². The highest BCUT2D eigenvalue weighted by atomic mass is 32.2. The number of amides is 2. The van der Waals surface area contributed by atoms with Crippen molar-refractivity contribution in [1.29, 1.82) is 0 Å². The predicted octanol–water partition coefficient (Wildman–Crippen LogP) is 5.69. The second kappa shape index (κ2) is 14.9. The number of hydrogen-bond donors (Lipinski definition) is 1. The lowest BCUT2D eigenvalue weighted by Crippen LogP contribution is -2.51. The normalized spacial score (nSPS) is 11.5. The van der Waals surface area contributed by atoms with Crippen molar-refractivity contribution in [3.05, 3.63) is 111 Å². The lowest BCUT2D eigenvalue weighted by atomic mass is 10.0. The van der Waals surface area contributed by atoms with Gasteiger partial charge < -0.3 is 10.2 Å². The first-order valence-electron chi connectivity index (χ1n) is 12.8. The monoisotopic (exact) mass is 533 g/mol. The van der Waals surface area contributed by atoms with Crippen LogP contribution in [0.1, 0.15) is 42.0 Å². The molecule has 3 aromatic carbocycles. The van der Waals surface area contributed by atoms with Crippen LogP contribution in [0.5, 0.6) is 0 Å². The van der Waals surface area contributed by atoms with Gasteiger partial charge in [-0.15, -0.1) is 11.8 Å². The van der Waals surface area contributed by atoms with E-state index in [-0.39, 0.29) is 23.3 Å². The number of rotatable bonds is 14. The first kappa shape index (κ1) is 28.9. The molecule has 0 saturated heterocycles. The van der Waals surface area contributed by atoms with E-state index < -0.39 is 11.0 Å². The summed E-state index contributed by atoms with van der Waals surface area (Å²) in [6.07, 6.45) is 2.26. The Morgan fingerprint density at radius 1 is 0.974 bits per heavy atom. The fourth-order valence-corrected chi connectivity index (χ4v) is 4.99. The van der Waals surface area contributed by atoms with E-state index in [1.807, 2.05) is 61.5 Å². The number of nitro benzene ring substituents is 1. The Balaban J connectivity index is 1.80. The lowest BCUT2D eigenvalue weighted by Gasteiger charge is -2.31. The number of aryl methyl sites for hydroxylation is 1. The van der Waals surface area contributed by atoms with E-state index in [0.717, 1.165) is 35.1 Å². The van der Waals surface area contributed by atoms with Crippen molar-refractivity contribution in [2.75, 3.05) is 12.3 Å². The van der Waals surface area contributed by atoms with E-state index in [9.17, 15) is 19.7 Å². The number of carbonyl (C=O) groups is 2. The Hall–Kier alpha value is -3.65. The smallest absolute Gasteiger partial charge is 0.269 e. The van der Waals surface area contributed by atoms with Crippen LogP contribution in [0.4, 0.5) is 5.69 Å². The van der Waals surface area contributed by atoms with Gasteiger partial charge in [0, 0.05) is 37.4 Å². The van der Waals surface area contributed by atoms with Gasteiger partial charge in [-0.3, -0.25) is 19.7 Å². The topological polar surface area (TPSA) is 92.6 Å². The summed E-state index contributed by atoms with van der Waals surface area (Å²) in [6.45, 7) is 4.98. The van der Waals surface area contributed by atoms with E-state index in [1.54, 1.807) is 17.0 Å². The number of unbranched alkanes of at least 4 members (excludes halogenated alkanes) is 1. The van der Waals surface area contributed by atoms with Gasteiger partial charge >= 0.3 is 0 Å². The molecule has 0 aliphatic heterocycles. The second-order valence-corrected chi connectivity index (χ2v) is 10.3. The SMILES string of the molecule is CCCCNC(=O)C(Cc1ccccc1)N(Cc1cccc(C)c1)C(=O)CSCc1ccc([N+](=O)[O-])cc1. The molecule has 3 rings (SSSR count). The average Bonchev–Trinajstić information content (AvgIpc) is 2.91. The van der Waals surface area contributed by atoms with Gasteiger partial charge in [-0.2, -0.15) is 0 Å². The van der Waals surface area contributed by atoms with Crippen LogP contribution in [-0.2, 0) is 28.3 Å². The number of hydrogen-bond acceptors (Lipinski definition) is 5. The van der Waals surface area contributed by atoms with Gasteiger partial charge in [0.05, 0.1) is 10.7 Å². The minimum absolute atomic E-state index is 0.0389. The molecule has 1 N–H and O–H groups in total. The third-order valence-electron chi connectivity index (χ3n) is 6.18. The van der Waals surface area contributed by atoms with E-state index in [1.165, 1.54) is 23.9 Å². The van der Waals surface area contributed by atoms with Gasteiger partial charge in [-0.05, 0) is 30.0 Å². The molecule has 0 bridgehead atoms. The number of thioether (sulfide) groups is 1. The molecule has 0 fully saturated rings. The molecule has 0 spiro atoms. The van der Waals surface area contributed by atoms with Crippen molar-refractivity contribution in [2.45, 2.75) is 51.4 Å². The highest BCUT2D eigenvalue weighted by Gasteiger charge is 2.30. The second-order valence-electron chi connectivity index (χ2n) is 9.28. The lowest BCUT2D eigenvalue weighted by molar-refractivity contribution is -0.384. The largest absolute Gasteiger partial charge is 0.354 e. The summed E-state index contributed by atoms with van der Waals surface area (Å²) < 4.78 is 0. The molecular formula is C30H35N3O4S. The standard InChI is InChI=1S/C30H35N3O4S/c1-3-4-17-31-30(35)28(19-24-10-6-5-7-11-24)32(20-26-12-8-9-23(2)18-26)29(34)22-38-21-25-13-15-27(16-14-25)33(36)37/h5-16,18,28H,3-4,17,19-22H2,1-2H3,(H,31,35). The summed E-state index contributed by atoms with van der Waals surface area (Å²) in [7, 11) is 0. The zero-order chi connectivity index (χ0) is 27.3. The molecule has 7 nitrogen and oxygen atoms in total. The van der Waals surface area contributed by atoms with Crippen LogP contribution >= 0.6 is 11.8 Å². The average molecular weight is 534 g/mol. The van der Waals surface area contributed by atoms with Crippen molar-refractivity contribution >= 4 is 29.3 Å². The van der Waals surface area contributed by atoms with Crippen LogP contribution in [0.15, 0.2) is 78.9 Å². The van der Waals surface area contributed by atoms with Crippen LogP contribution in [-0.4, -0.2) is 40.0 Å². The number of carbonyl (C=O) groups excluding carboxylic acids is 2. The number of benzene rings is 3. The maximum absolute atomic E-state index is 13.7. The van der Waals surface area contributed by atoms with Crippen LogP contribution in [0.3, 0.4) is 0 Å². The fraction of sp³-hybridized carbons (Fsp3) is 0.333. The number of nitro groups is 1. The molecule has 38 heavy (non-hydrogen) atoms. The Morgan fingerprint density at radius 3 is 2.34 bits per heavy atom. The molecule has 2 amide bonds. The summed E-state index contributed by atoms with van der Waals surface area (Å²) in [5.74, 6) is 0.457. The highest BCUT2D eigenvalue weighted by molar-refractivity contribution is 7.99. The summed E-state index contributed by atoms with van der Waals surface area (Å²) in [4.78, 5) is 39.3. The molecule has 0 aliphatic rings. The summed E-state index contributed by atoms with van der Waals surface area (Å²) in [5.41, 5.74) is 3.99. The van der Waals surface area contributed by atoms with Crippen molar-refractivity contribution in [3.8, 4) is 0 Å². The molecule has 3 aromatic rings. The van der Waals surface area contributed by atoms with E-state index in [0.29, 0.717) is 25.3 Å². The Morgan fingerprint density at radius 2 is 1.68 bits per heavy atom. The van der Waals surface area contributed by atoms with E-state index in [4.69, 9.17) is 0 Å². The third-order valence-corrected chi connectivity index (χ3v) is 7.17. The quantitative estimate of drug-likeness (QED) is 0.163. The number of non-ortho nitro benzene ring substituents is 1. The molecule has 0 radical (unpaired) electrons. The molecule has 200 valence electrons. The van der Waals surface area contributed by atoms with Gasteiger partial charge in [0.1, 0.15) is 6.04 Å². The Kier molecular flexibility index (Phi) is 11.4. The van der Waals surface area contributed by atoms with Gasteiger partial charge in [-0.1, -0.05) is 85.6 Å². The van der Waals surface area contributed by atoms with Crippen LogP contribution in [0.25, 0.3) is 0 Å². The van der Waals surface area contributed by atoms with Crippen molar-refractivity contribution in [3.63, 3.8) is 0 Å². The molecule has 0 aromatic heterocycles. The molecule has 0 aliphatic carbocycles. The summed E-state index contributed by atoms with van der Waals surface area (Å²) in [5, 5.41) is 13.9. The van der Waals surface area contributed by atoms with Gasteiger partial charge in [-0.25, -0.2) is 0 Å². The van der Waals surface area contributed by atoms with E-state index in [2.05, 4.69) is 12.2 Å². The third kappa shape index (κ3) is 9.03. The van der Waals surface area contributed by atoms with Crippen molar-refractivity contribution in [1.82, 2.24) is 10.2 Å². The molecule has 0 saturated carbocycles. The number of nitrogens with one attached hydrogen (secondary N) is 1. The highest BCUT2D eigenvalue weighted by Crippen LogP contribution is 2.20. The van der Waals surface area contributed by atoms with Crippen LogP contribution in [0, 0.1) is 17.0 Å². The Bertz CT molecular complexity index is 1200. The molecular weight excluding hydrogens is 498 g/mol. The Labute approximate surface area is 228 Å². The summed E-state index contributed by atoms with van der Waals surface area (Å²) in [6, 6.07) is 23.5. The maximum Gasteiger partial charge on any atom is 0.269 e. The molecule has 0 heterocycles. The van der Waals surface area contributed by atoms with Gasteiger partial charge in [0.2, 0.25) is 11.8 Å². The predicted molar refractivity (Wildman–Crippen MR) is 153 cm³/mol. The summed E-state index contributed by atoms with van der Waals surface area (Å²) >= 11 is 1.43. The fourth-order valence-electron chi connectivity index (χ4n) is 4.12. The minimum atomic E-state index is -0.651.